The number of rotatable bonds is 5. The molecular formula is C15H12BrF2NO2. The molecule has 0 aliphatic rings. The molecule has 0 radical (unpaired) electrons. The van der Waals surface area contributed by atoms with Crippen LogP contribution in [-0.4, -0.2) is 4.57 Å². The summed E-state index contributed by atoms with van der Waals surface area (Å²) in [7, 11) is 0. The van der Waals surface area contributed by atoms with Gasteiger partial charge in [0, 0.05) is 24.4 Å². The topological polar surface area (TPSA) is 31.2 Å². The van der Waals surface area contributed by atoms with Crippen molar-refractivity contribution in [3.8, 4) is 5.75 Å². The van der Waals surface area contributed by atoms with E-state index >= 15 is 0 Å². The molecule has 1 aromatic heterocycles. The molecule has 0 atom stereocenters. The highest BCUT2D eigenvalue weighted by Crippen LogP contribution is 2.22. The fourth-order valence-corrected chi connectivity index (χ4v) is 2.19. The van der Waals surface area contributed by atoms with Crippen LogP contribution >= 0.6 is 15.9 Å². The summed E-state index contributed by atoms with van der Waals surface area (Å²) >= 11 is 3.16. The summed E-state index contributed by atoms with van der Waals surface area (Å²) in [5.41, 5.74) is -0.0643. The van der Waals surface area contributed by atoms with Crippen LogP contribution in [-0.2, 0) is 13.2 Å². The van der Waals surface area contributed by atoms with Crippen LogP contribution in [0.4, 0.5) is 8.78 Å². The van der Waals surface area contributed by atoms with E-state index in [1.54, 1.807) is 18.3 Å². The quantitative estimate of drug-likeness (QED) is 0.766. The first-order valence-electron chi connectivity index (χ1n) is 6.09. The largest absolute Gasteiger partial charge is 0.487 e. The van der Waals surface area contributed by atoms with Crippen LogP contribution in [0, 0.1) is 11.6 Å². The van der Waals surface area contributed by atoms with Gasteiger partial charge in [0.25, 0.3) is 5.56 Å². The molecule has 1 heterocycles. The van der Waals surface area contributed by atoms with Gasteiger partial charge in [-0.3, -0.25) is 4.79 Å². The van der Waals surface area contributed by atoms with Gasteiger partial charge in [-0.1, -0.05) is 6.08 Å². The van der Waals surface area contributed by atoms with Gasteiger partial charge in [-0.05, 0) is 34.1 Å². The fraction of sp³-hybridized carbons (Fsp3) is 0.133. The van der Waals surface area contributed by atoms with Crippen molar-refractivity contribution in [3.63, 3.8) is 0 Å². The molecule has 0 saturated heterocycles. The molecule has 0 fully saturated rings. The van der Waals surface area contributed by atoms with Crippen LogP contribution in [0.25, 0.3) is 0 Å². The van der Waals surface area contributed by atoms with Crippen molar-refractivity contribution in [1.82, 2.24) is 4.57 Å². The first kappa shape index (κ1) is 15.4. The van der Waals surface area contributed by atoms with Gasteiger partial charge >= 0.3 is 0 Å². The SMILES string of the molecule is C=CCn1ccc(OCc2ccc(F)cc2F)c(Br)c1=O. The Bertz CT molecular complexity index is 728. The van der Waals surface area contributed by atoms with E-state index in [0.717, 1.165) is 12.1 Å². The van der Waals surface area contributed by atoms with Crippen molar-refractivity contribution in [3.05, 3.63) is 75.1 Å². The molecule has 0 amide bonds. The average molecular weight is 356 g/mol. The molecule has 2 rings (SSSR count). The minimum absolute atomic E-state index is 0.102. The maximum atomic E-state index is 13.5. The van der Waals surface area contributed by atoms with E-state index in [0.29, 0.717) is 12.3 Å². The molecule has 110 valence electrons. The third kappa shape index (κ3) is 3.58. The zero-order valence-electron chi connectivity index (χ0n) is 11.0. The predicted octanol–water partition coefficient (Wildman–Crippen LogP) is 3.65. The van der Waals surface area contributed by atoms with Gasteiger partial charge in [0.1, 0.15) is 28.5 Å². The Balaban J connectivity index is 2.19. The zero-order valence-corrected chi connectivity index (χ0v) is 12.6. The van der Waals surface area contributed by atoms with Crippen LogP contribution in [0.15, 0.2) is 52.4 Å². The molecule has 3 nitrogen and oxygen atoms in total. The van der Waals surface area contributed by atoms with Crippen molar-refractivity contribution in [2.24, 2.45) is 0 Å². The second kappa shape index (κ2) is 6.67. The molecule has 0 N–H and O–H groups in total. The van der Waals surface area contributed by atoms with Crippen molar-refractivity contribution < 1.29 is 13.5 Å². The minimum atomic E-state index is -0.689. The van der Waals surface area contributed by atoms with Crippen molar-refractivity contribution in [2.75, 3.05) is 0 Å². The van der Waals surface area contributed by atoms with E-state index in [2.05, 4.69) is 22.5 Å². The average Bonchev–Trinajstić information content (AvgIpc) is 2.45. The smallest absolute Gasteiger partial charge is 0.268 e. The summed E-state index contributed by atoms with van der Waals surface area (Å²) < 4.78 is 33.4. The number of aromatic nitrogens is 1. The number of pyridine rings is 1. The normalized spacial score (nSPS) is 10.4. The zero-order chi connectivity index (χ0) is 15.4. The predicted molar refractivity (Wildman–Crippen MR) is 79.3 cm³/mol. The third-order valence-electron chi connectivity index (χ3n) is 2.79. The summed E-state index contributed by atoms with van der Waals surface area (Å²) in [6.45, 7) is 3.84. The number of hydrogen-bond acceptors (Lipinski definition) is 2. The molecule has 6 heteroatoms. The summed E-state index contributed by atoms with van der Waals surface area (Å²) in [6, 6.07) is 4.84. The number of hydrogen-bond donors (Lipinski definition) is 0. The molecule has 0 spiro atoms. The number of nitrogens with zero attached hydrogens (tertiary/aromatic N) is 1. The summed E-state index contributed by atoms with van der Waals surface area (Å²) in [5.74, 6) is -1.04. The van der Waals surface area contributed by atoms with Crippen LogP contribution in [0.2, 0.25) is 0 Å². The molecule has 0 saturated carbocycles. The Morgan fingerprint density at radius 1 is 1.33 bits per heavy atom. The first-order chi connectivity index (χ1) is 10.0. The first-order valence-corrected chi connectivity index (χ1v) is 6.88. The number of benzene rings is 1. The highest BCUT2D eigenvalue weighted by atomic mass is 79.9. The number of halogens is 3. The lowest BCUT2D eigenvalue weighted by Crippen LogP contribution is -2.20. The van der Waals surface area contributed by atoms with E-state index < -0.39 is 11.6 Å². The van der Waals surface area contributed by atoms with Crippen molar-refractivity contribution in [2.45, 2.75) is 13.2 Å². The molecule has 0 aliphatic carbocycles. The van der Waals surface area contributed by atoms with Gasteiger partial charge in [0.2, 0.25) is 0 Å². The molecule has 0 aliphatic heterocycles. The van der Waals surface area contributed by atoms with E-state index in [1.165, 1.54) is 10.6 Å². The van der Waals surface area contributed by atoms with E-state index in [4.69, 9.17) is 4.74 Å². The monoisotopic (exact) mass is 355 g/mol. The highest BCUT2D eigenvalue weighted by molar-refractivity contribution is 9.10. The van der Waals surface area contributed by atoms with Gasteiger partial charge in [-0.2, -0.15) is 0 Å². The molecule has 21 heavy (non-hydrogen) atoms. The minimum Gasteiger partial charge on any atom is -0.487 e. The molecule has 2 aromatic rings. The van der Waals surface area contributed by atoms with E-state index in [1.807, 2.05) is 0 Å². The van der Waals surface area contributed by atoms with Gasteiger partial charge in [0.05, 0.1) is 0 Å². The summed E-state index contributed by atoms with van der Waals surface area (Å²) in [4.78, 5) is 12.0. The van der Waals surface area contributed by atoms with Gasteiger partial charge < -0.3 is 9.30 Å². The lowest BCUT2D eigenvalue weighted by atomic mass is 10.2. The number of allylic oxidation sites excluding steroid dienone is 1. The van der Waals surface area contributed by atoms with E-state index in [-0.39, 0.29) is 22.2 Å². The Morgan fingerprint density at radius 2 is 2.10 bits per heavy atom. The second-order valence-electron chi connectivity index (χ2n) is 4.26. The highest BCUT2D eigenvalue weighted by Gasteiger charge is 2.10. The Hall–Kier alpha value is -1.95. The molecule has 0 unspecified atom stereocenters. The Kier molecular flexibility index (Phi) is 4.90. The summed E-state index contributed by atoms with van der Waals surface area (Å²) in [5, 5.41) is 0. The van der Waals surface area contributed by atoms with Gasteiger partial charge in [0.15, 0.2) is 0 Å². The van der Waals surface area contributed by atoms with Gasteiger partial charge in [-0.25, -0.2) is 8.78 Å². The standard InChI is InChI=1S/C15H12BrF2NO2/c1-2-6-19-7-5-13(14(16)15(19)20)21-9-10-3-4-11(17)8-12(10)18/h2-5,7-8H,1,6,9H2. The van der Waals surface area contributed by atoms with Crippen LogP contribution in [0.5, 0.6) is 5.75 Å². The Morgan fingerprint density at radius 3 is 2.76 bits per heavy atom. The third-order valence-corrected chi connectivity index (χ3v) is 3.52. The molecule has 1 aromatic carbocycles. The summed E-state index contributed by atoms with van der Waals surface area (Å²) in [6.07, 6.45) is 3.16. The molecule has 0 bridgehead atoms. The van der Waals surface area contributed by atoms with Crippen LogP contribution in [0.1, 0.15) is 5.56 Å². The van der Waals surface area contributed by atoms with Crippen LogP contribution in [0.3, 0.4) is 0 Å². The van der Waals surface area contributed by atoms with Gasteiger partial charge in [-0.15, -0.1) is 6.58 Å². The Labute approximate surface area is 128 Å². The van der Waals surface area contributed by atoms with Crippen molar-refractivity contribution >= 4 is 15.9 Å². The fourth-order valence-electron chi connectivity index (χ4n) is 1.72. The number of ether oxygens (including phenoxy) is 1. The molecular weight excluding hydrogens is 344 g/mol. The maximum absolute atomic E-state index is 13.5. The van der Waals surface area contributed by atoms with Crippen LogP contribution < -0.4 is 10.3 Å². The van der Waals surface area contributed by atoms with Crippen molar-refractivity contribution in [1.29, 1.82) is 0 Å². The van der Waals surface area contributed by atoms with E-state index in [9.17, 15) is 13.6 Å². The maximum Gasteiger partial charge on any atom is 0.268 e. The lowest BCUT2D eigenvalue weighted by Gasteiger charge is -2.10. The lowest BCUT2D eigenvalue weighted by molar-refractivity contribution is 0.296. The second-order valence-corrected chi connectivity index (χ2v) is 5.06.